The molecule has 1 unspecified atom stereocenters. The second-order valence-electron chi connectivity index (χ2n) is 9.02. The van der Waals surface area contributed by atoms with Gasteiger partial charge in [0.15, 0.2) is 29.3 Å². The fourth-order valence-corrected chi connectivity index (χ4v) is 4.09. The summed E-state index contributed by atoms with van der Waals surface area (Å²) < 4.78 is 20.1. The summed E-state index contributed by atoms with van der Waals surface area (Å²) in [4.78, 5) is 23.1. The number of nitrogens with zero attached hydrogens (tertiary/aromatic N) is 3. The maximum absolute atomic E-state index is 14.5. The number of halogens is 1. The molecule has 9 nitrogen and oxygen atoms in total. The number of carbonyl (C=O) groups is 1. The normalized spacial score (nSPS) is 21.2. The van der Waals surface area contributed by atoms with Gasteiger partial charge in [-0.15, -0.1) is 0 Å². The molecule has 0 saturated carbocycles. The summed E-state index contributed by atoms with van der Waals surface area (Å²) in [6, 6.07) is 11.5. The molecule has 3 aliphatic heterocycles. The van der Waals surface area contributed by atoms with Crippen molar-refractivity contribution in [3.63, 3.8) is 0 Å². The molecular weight excluding hydrogens is 437 g/mol. The number of allylic oxidation sites excluding steroid dienone is 1. The van der Waals surface area contributed by atoms with Crippen LogP contribution in [0.5, 0.6) is 5.75 Å². The number of piperidine rings is 1. The lowest BCUT2D eigenvalue weighted by Crippen LogP contribution is -2.46. The summed E-state index contributed by atoms with van der Waals surface area (Å²) in [5.41, 5.74) is 1.09. The number of fused-ring (bicyclic) bond motifs is 1. The molecule has 1 aromatic carbocycles. The molecule has 3 aliphatic rings. The number of amides is 1. The molecule has 1 saturated heterocycles. The first-order chi connectivity index (χ1) is 16.4. The number of benzene rings is 1. The molecule has 4 N–H and O–H groups in total. The van der Waals surface area contributed by atoms with Gasteiger partial charge in [-0.2, -0.15) is 0 Å². The van der Waals surface area contributed by atoms with E-state index < -0.39 is 17.7 Å². The van der Waals surface area contributed by atoms with Gasteiger partial charge in [0.2, 0.25) is 0 Å². The van der Waals surface area contributed by atoms with Crippen molar-refractivity contribution in [1.29, 1.82) is 0 Å². The lowest BCUT2D eigenvalue weighted by Gasteiger charge is -2.31. The summed E-state index contributed by atoms with van der Waals surface area (Å²) in [5, 5.41) is 11.9. The van der Waals surface area contributed by atoms with Crippen LogP contribution in [-0.2, 0) is 4.79 Å². The van der Waals surface area contributed by atoms with Gasteiger partial charge >= 0.3 is 0 Å². The minimum Gasteiger partial charge on any atom is -0.474 e. The molecular formula is C24H28FN7O2. The predicted octanol–water partition coefficient (Wildman–Crippen LogP) is 3.80. The number of hydrogen-bond donors (Lipinski definition) is 4. The Kier molecular flexibility index (Phi) is 5.72. The van der Waals surface area contributed by atoms with E-state index in [-0.39, 0.29) is 17.5 Å². The van der Waals surface area contributed by atoms with Crippen LogP contribution >= 0.6 is 0 Å². The molecule has 4 heterocycles. The van der Waals surface area contributed by atoms with Crippen molar-refractivity contribution in [1.82, 2.24) is 10.3 Å². The van der Waals surface area contributed by atoms with Gasteiger partial charge in [0.05, 0.1) is 6.21 Å². The van der Waals surface area contributed by atoms with Crippen LogP contribution in [0.15, 0.2) is 53.0 Å². The molecule has 1 fully saturated rings. The molecule has 2 aromatic rings. The van der Waals surface area contributed by atoms with Crippen LogP contribution in [0.1, 0.15) is 33.1 Å². The minimum atomic E-state index is -0.982. The van der Waals surface area contributed by atoms with Gasteiger partial charge < -0.3 is 30.9 Å². The number of carbonyl (C=O) groups excluding carboxylic acids is 1. The van der Waals surface area contributed by atoms with Crippen LogP contribution in [-0.4, -0.2) is 42.1 Å². The van der Waals surface area contributed by atoms with E-state index in [0.29, 0.717) is 11.6 Å². The Morgan fingerprint density at radius 1 is 1.12 bits per heavy atom. The Morgan fingerprint density at radius 3 is 2.65 bits per heavy atom. The monoisotopic (exact) mass is 465 g/mol. The quantitative estimate of drug-likeness (QED) is 0.533. The zero-order valence-electron chi connectivity index (χ0n) is 19.2. The summed E-state index contributed by atoms with van der Waals surface area (Å²) in [7, 11) is 0. The van der Waals surface area contributed by atoms with Gasteiger partial charge in [-0.1, -0.05) is 0 Å². The highest BCUT2D eigenvalue weighted by atomic mass is 19.1. The Hall–Kier alpha value is -3.82. The van der Waals surface area contributed by atoms with E-state index in [4.69, 9.17) is 4.74 Å². The van der Waals surface area contributed by atoms with Crippen molar-refractivity contribution in [2.24, 2.45) is 4.99 Å². The van der Waals surface area contributed by atoms with E-state index in [1.807, 2.05) is 12.1 Å². The van der Waals surface area contributed by atoms with Crippen LogP contribution < -0.4 is 30.9 Å². The van der Waals surface area contributed by atoms with Crippen LogP contribution in [0.3, 0.4) is 0 Å². The second kappa shape index (κ2) is 8.85. The van der Waals surface area contributed by atoms with E-state index in [1.165, 1.54) is 24.9 Å². The minimum absolute atomic E-state index is 0.119. The zero-order valence-corrected chi connectivity index (χ0v) is 19.2. The molecule has 0 bridgehead atoms. The molecule has 0 spiro atoms. The Morgan fingerprint density at radius 2 is 1.88 bits per heavy atom. The maximum Gasteiger partial charge on any atom is 0.269 e. The average molecular weight is 466 g/mol. The smallest absolute Gasteiger partial charge is 0.269 e. The summed E-state index contributed by atoms with van der Waals surface area (Å²) in [6.45, 7) is 5.53. The first kappa shape index (κ1) is 22.0. The first-order valence-electron chi connectivity index (χ1n) is 11.5. The number of rotatable bonds is 5. The van der Waals surface area contributed by atoms with E-state index in [9.17, 15) is 9.18 Å². The van der Waals surface area contributed by atoms with Gasteiger partial charge in [0, 0.05) is 24.5 Å². The van der Waals surface area contributed by atoms with Gasteiger partial charge in [-0.25, -0.2) is 14.4 Å². The van der Waals surface area contributed by atoms with Gasteiger partial charge in [-0.05, 0) is 69.5 Å². The third-order valence-electron chi connectivity index (χ3n) is 6.00. The first-order valence-corrected chi connectivity index (χ1v) is 11.5. The summed E-state index contributed by atoms with van der Waals surface area (Å²) in [6.07, 6.45) is 4.34. The van der Waals surface area contributed by atoms with E-state index in [0.717, 1.165) is 25.0 Å². The molecule has 178 valence electrons. The van der Waals surface area contributed by atoms with E-state index in [2.05, 4.69) is 48.3 Å². The van der Waals surface area contributed by atoms with Gasteiger partial charge in [0.1, 0.15) is 11.6 Å². The van der Waals surface area contributed by atoms with Gasteiger partial charge in [-0.3, -0.25) is 4.79 Å². The molecule has 10 heteroatoms. The highest BCUT2D eigenvalue weighted by molar-refractivity contribution is 5.99. The van der Waals surface area contributed by atoms with Crippen molar-refractivity contribution in [3.8, 4) is 5.75 Å². The maximum atomic E-state index is 14.5. The van der Waals surface area contributed by atoms with Gasteiger partial charge in [0.25, 0.3) is 5.91 Å². The third kappa shape index (κ3) is 4.61. The Labute approximate surface area is 197 Å². The lowest BCUT2D eigenvalue weighted by molar-refractivity contribution is -0.129. The largest absolute Gasteiger partial charge is 0.474 e. The molecule has 1 aromatic heterocycles. The molecule has 5 rings (SSSR count). The topological polar surface area (TPSA) is 103 Å². The molecule has 0 aliphatic carbocycles. The summed E-state index contributed by atoms with van der Waals surface area (Å²) >= 11 is 0. The zero-order chi connectivity index (χ0) is 23.7. The van der Waals surface area contributed by atoms with Crippen molar-refractivity contribution < 1.29 is 13.9 Å². The Bertz CT molecular complexity index is 1140. The second-order valence-corrected chi connectivity index (χ2v) is 9.02. The van der Waals surface area contributed by atoms with Crippen LogP contribution in [0, 0.1) is 0 Å². The number of anilines is 4. The number of hydrogen-bond acceptors (Lipinski definition) is 8. The van der Waals surface area contributed by atoms with E-state index >= 15 is 0 Å². The van der Waals surface area contributed by atoms with Crippen LogP contribution in [0.4, 0.5) is 27.4 Å². The highest BCUT2D eigenvalue weighted by Crippen LogP contribution is 2.33. The van der Waals surface area contributed by atoms with Crippen molar-refractivity contribution in [3.05, 3.63) is 48.0 Å². The van der Waals surface area contributed by atoms with Crippen molar-refractivity contribution in [2.45, 2.75) is 45.0 Å². The lowest BCUT2D eigenvalue weighted by atomic mass is 10.1. The van der Waals surface area contributed by atoms with Crippen LogP contribution in [0.25, 0.3) is 0 Å². The molecule has 1 amide bonds. The number of aliphatic imine (C=N–C) groups is 1. The number of nitrogens with one attached hydrogen (secondary N) is 4. The average Bonchev–Trinajstić information content (AvgIpc) is 2.83. The SMILES string of the molecule is CC1(C)Oc2ccc(NC3=C(F)C=NC(Nc4ccc(N5CCCCC5)cc4)N3)nc2NC1=O. The highest BCUT2D eigenvalue weighted by Gasteiger charge is 2.36. The number of ether oxygens (including phenoxy) is 1. The standard InChI is InChI=1S/C24H28FN7O2/c1-24(2)22(33)30-21-18(34-24)10-11-19(29-21)28-20-17(25)14-26-23(31-20)27-15-6-8-16(9-7-15)32-12-4-3-5-13-32/h6-11,14,23,27,31H,3-5,12-13H2,1-2H3,(H2,28,29,30,33). The molecule has 0 radical (unpaired) electrons. The predicted molar refractivity (Wildman–Crippen MR) is 131 cm³/mol. The van der Waals surface area contributed by atoms with Crippen molar-refractivity contribution >= 4 is 35.1 Å². The third-order valence-corrected chi connectivity index (χ3v) is 6.00. The molecule has 1 atom stereocenters. The summed E-state index contributed by atoms with van der Waals surface area (Å²) in [5.74, 6) is 0.347. The Balaban J connectivity index is 1.23. The van der Waals surface area contributed by atoms with Crippen LogP contribution in [0.2, 0.25) is 0 Å². The van der Waals surface area contributed by atoms with Crippen molar-refractivity contribution in [2.75, 3.05) is 33.9 Å². The van der Waals surface area contributed by atoms with E-state index in [1.54, 1.807) is 26.0 Å². The fraction of sp³-hybridized carbons (Fsp3) is 0.375. The fourth-order valence-electron chi connectivity index (χ4n) is 4.09. The molecule has 34 heavy (non-hydrogen) atoms. The number of pyridine rings is 1. The number of aromatic nitrogens is 1.